The second kappa shape index (κ2) is 11.1. The van der Waals surface area contributed by atoms with Crippen LogP contribution in [0.15, 0.2) is 70.8 Å². The van der Waals surface area contributed by atoms with Gasteiger partial charge >= 0.3 is 0 Å². The molecule has 4 rings (SSSR count). The van der Waals surface area contributed by atoms with Crippen LogP contribution >= 0.6 is 39.7 Å². The summed E-state index contributed by atoms with van der Waals surface area (Å²) in [5.74, 6) is 1.71. The molecule has 0 saturated carbocycles. The molecule has 9 heteroatoms. The van der Waals surface area contributed by atoms with Crippen LogP contribution in [0.3, 0.4) is 0 Å². The van der Waals surface area contributed by atoms with E-state index >= 15 is 0 Å². The first-order valence-electron chi connectivity index (χ1n) is 10.7. The molecule has 1 aliphatic heterocycles. The van der Waals surface area contributed by atoms with E-state index in [9.17, 15) is 4.79 Å². The van der Waals surface area contributed by atoms with Crippen LogP contribution in [0.4, 0.5) is 5.69 Å². The van der Waals surface area contributed by atoms with Crippen molar-refractivity contribution in [3.63, 3.8) is 0 Å². The molecular formula is C26H22BrClN2O4S. The Balaban J connectivity index is 1.54. The number of carbonyl (C=O) groups is 1. The third-order valence-electron chi connectivity index (χ3n) is 5.18. The first kappa shape index (κ1) is 25.0. The lowest BCUT2D eigenvalue weighted by Gasteiger charge is -2.14. The largest absolute Gasteiger partial charge is 0.496 e. The monoisotopic (exact) mass is 572 g/mol. The van der Waals surface area contributed by atoms with E-state index in [2.05, 4.69) is 21.2 Å². The van der Waals surface area contributed by atoms with Crippen molar-refractivity contribution >= 4 is 62.5 Å². The molecule has 0 spiro atoms. The lowest BCUT2D eigenvalue weighted by molar-refractivity contribution is -0.113. The van der Waals surface area contributed by atoms with Gasteiger partial charge in [0.25, 0.3) is 5.91 Å². The third-order valence-corrected chi connectivity index (χ3v) is 6.25. The molecule has 1 fully saturated rings. The van der Waals surface area contributed by atoms with Crippen LogP contribution in [0.1, 0.15) is 18.1 Å². The van der Waals surface area contributed by atoms with E-state index in [4.69, 9.17) is 38.0 Å². The molecule has 0 aromatic heterocycles. The number of carbonyl (C=O) groups excluding carboxylic acids is 1. The predicted octanol–water partition coefficient (Wildman–Crippen LogP) is 6.35. The van der Waals surface area contributed by atoms with Gasteiger partial charge in [0.1, 0.15) is 29.6 Å². The normalized spacial score (nSPS) is 14.3. The Morgan fingerprint density at radius 3 is 2.49 bits per heavy atom. The first-order valence-corrected chi connectivity index (χ1v) is 12.3. The molecule has 6 nitrogen and oxygen atoms in total. The molecular weight excluding hydrogens is 552 g/mol. The highest BCUT2D eigenvalue weighted by Gasteiger charge is 2.32. The molecule has 35 heavy (non-hydrogen) atoms. The van der Waals surface area contributed by atoms with E-state index in [-0.39, 0.29) is 12.5 Å². The van der Waals surface area contributed by atoms with Gasteiger partial charge in [-0.05, 0) is 85.4 Å². The SMILES string of the molecule is CCOc1ccc(N2C(=O)/C(=C\c3ccc(OC)c(COc4ccc(Br)cc4Cl)c3)NC2=S)cc1. The van der Waals surface area contributed by atoms with Crippen molar-refractivity contribution in [2.24, 2.45) is 0 Å². The smallest absolute Gasteiger partial charge is 0.281 e. The molecule has 180 valence electrons. The average Bonchev–Trinajstić information content (AvgIpc) is 3.12. The molecule has 1 amide bonds. The topological polar surface area (TPSA) is 60.0 Å². The Kier molecular flexibility index (Phi) is 7.95. The summed E-state index contributed by atoms with van der Waals surface area (Å²) < 4.78 is 17.7. The van der Waals surface area contributed by atoms with Crippen molar-refractivity contribution in [1.82, 2.24) is 5.32 Å². The van der Waals surface area contributed by atoms with E-state index in [1.165, 1.54) is 4.90 Å². The van der Waals surface area contributed by atoms with Gasteiger partial charge in [-0.2, -0.15) is 0 Å². The Hall–Kier alpha value is -3.07. The van der Waals surface area contributed by atoms with E-state index in [0.29, 0.717) is 39.6 Å². The lowest BCUT2D eigenvalue weighted by atomic mass is 10.1. The highest BCUT2D eigenvalue weighted by atomic mass is 79.9. The Morgan fingerprint density at radius 1 is 1.06 bits per heavy atom. The van der Waals surface area contributed by atoms with Gasteiger partial charge in [0.2, 0.25) is 0 Å². The van der Waals surface area contributed by atoms with Crippen LogP contribution in [0.25, 0.3) is 6.08 Å². The van der Waals surface area contributed by atoms with Crippen molar-refractivity contribution < 1.29 is 19.0 Å². The summed E-state index contributed by atoms with van der Waals surface area (Å²) in [6.07, 6.45) is 1.75. The second-order valence-electron chi connectivity index (χ2n) is 7.49. The summed E-state index contributed by atoms with van der Waals surface area (Å²) in [6, 6.07) is 18.2. The fourth-order valence-corrected chi connectivity index (χ4v) is 4.57. The van der Waals surface area contributed by atoms with Gasteiger partial charge < -0.3 is 19.5 Å². The molecule has 1 heterocycles. The van der Waals surface area contributed by atoms with Gasteiger partial charge in [0, 0.05) is 10.0 Å². The van der Waals surface area contributed by atoms with Crippen molar-refractivity contribution in [2.45, 2.75) is 13.5 Å². The van der Waals surface area contributed by atoms with E-state index in [0.717, 1.165) is 21.3 Å². The number of rotatable bonds is 8. The maximum Gasteiger partial charge on any atom is 0.281 e. The second-order valence-corrected chi connectivity index (χ2v) is 9.20. The molecule has 0 unspecified atom stereocenters. The number of halogens is 2. The fourth-order valence-electron chi connectivity index (χ4n) is 3.54. The van der Waals surface area contributed by atoms with Crippen molar-refractivity contribution in [3.05, 3.63) is 87.0 Å². The van der Waals surface area contributed by atoms with E-state index in [1.807, 2.05) is 43.3 Å². The quantitative estimate of drug-likeness (QED) is 0.250. The molecule has 1 N–H and O–H groups in total. The van der Waals surface area contributed by atoms with Gasteiger partial charge in [-0.3, -0.25) is 9.69 Å². The summed E-state index contributed by atoms with van der Waals surface area (Å²) in [5, 5.41) is 3.83. The zero-order valence-corrected chi connectivity index (χ0v) is 22.2. The van der Waals surface area contributed by atoms with Gasteiger partial charge in [0.05, 0.1) is 24.4 Å². The number of benzene rings is 3. The van der Waals surface area contributed by atoms with E-state index in [1.54, 1.807) is 37.5 Å². The van der Waals surface area contributed by atoms with Crippen LogP contribution in [0.5, 0.6) is 17.2 Å². The van der Waals surface area contributed by atoms with Crippen LogP contribution in [-0.4, -0.2) is 24.7 Å². The number of anilines is 1. The molecule has 0 radical (unpaired) electrons. The van der Waals surface area contributed by atoms with Crippen molar-refractivity contribution in [1.29, 1.82) is 0 Å². The summed E-state index contributed by atoms with van der Waals surface area (Å²) in [5.41, 5.74) is 2.63. The molecule has 0 aliphatic carbocycles. The molecule has 3 aromatic carbocycles. The third kappa shape index (κ3) is 5.78. The maximum absolute atomic E-state index is 13.1. The molecule has 3 aromatic rings. The Morgan fingerprint density at radius 2 is 1.80 bits per heavy atom. The minimum atomic E-state index is -0.241. The van der Waals surface area contributed by atoms with Gasteiger partial charge in [-0.1, -0.05) is 33.6 Å². The molecule has 0 bridgehead atoms. The van der Waals surface area contributed by atoms with Crippen LogP contribution in [-0.2, 0) is 11.4 Å². The summed E-state index contributed by atoms with van der Waals surface area (Å²) in [6.45, 7) is 2.72. The van der Waals surface area contributed by atoms with E-state index < -0.39 is 0 Å². The average molecular weight is 574 g/mol. The molecule has 1 saturated heterocycles. The summed E-state index contributed by atoms with van der Waals surface area (Å²) in [4.78, 5) is 14.6. The van der Waals surface area contributed by atoms with Gasteiger partial charge in [0.15, 0.2) is 5.11 Å². The molecule has 1 aliphatic rings. The number of nitrogens with one attached hydrogen (secondary N) is 1. The number of hydrogen-bond acceptors (Lipinski definition) is 5. The fraction of sp³-hybridized carbons (Fsp3) is 0.154. The van der Waals surface area contributed by atoms with Gasteiger partial charge in [-0.15, -0.1) is 0 Å². The minimum absolute atomic E-state index is 0.236. The zero-order chi connectivity index (χ0) is 24.9. The number of hydrogen-bond donors (Lipinski definition) is 1. The molecule has 0 atom stereocenters. The summed E-state index contributed by atoms with van der Waals surface area (Å²) in [7, 11) is 1.60. The van der Waals surface area contributed by atoms with Gasteiger partial charge in [-0.25, -0.2) is 0 Å². The highest BCUT2D eigenvalue weighted by molar-refractivity contribution is 9.10. The number of ether oxygens (including phenoxy) is 3. The van der Waals surface area contributed by atoms with Crippen molar-refractivity contribution in [3.8, 4) is 17.2 Å². The van der Waals surface area contributed by atoms with Crippen LogP contribution < -0.4 is 24.4 Å². The maximum atomic E-state index is 13.1. The number of thiocarbonyl (C=S) groups is 1. The number of methoxy groups -OCH3 is 1. The standard InChI is InChI=1S/C26H22BrClN2O4S/c1-3-33-20-8-6-19(7-9-20)30-25(31)22(29-26(30)35)13-16-4-10-23(32-2)17(12-16)15-34-24-11-5-18(27)14-21(24)28/h4-14H,3,15H2,1-2H3,(H,29,35)/b22-13+. The lowest BCUT2D eigenvalue weighted by Crippen LogP contribution is -2.30. The predicted molar refractivity (Wildman–Crippen MR) is 145 cm³/mol. The zero-order valence-electron chi connectivity index (χ0n) is 19.0. The van der Waals surface area contributed by atoms with Crippen LogP contribution in [0, 0.1) is 0 Å². The van der Waals surface area contributed by atoms with Crippen LogP contribution in [0.2, 0.25) is 5.02 Å². The highest BCUT2D eigenvalue weighted by Crippen LogP contribution is 2.30. The minimum Gasteiger partial charge on any atom is -0.496 e. The first-order chi connectivity index (χ1) is 16.9. The Bertz CT molecular complexity index is 1300. The van der Waals surface area contributed by atoms with Crippen molar-refractivity contribution in [2.75, 3.05) is 18.6 Å². The number of nitrogens with zero attached hydrogens (tertiary/aromatic N) is 1. The Labute approximate surface area is 222 Å². The summed E-state index contributed by atoms with van der Waals surface area (Å²) >= 11 is 15.1. The number of amides is 1.